The zero-order valence-electron chi connectivity index (χ0n) is 16.4. The number of pyridine rings is 1. The van der Waals surface area contributed by atoms with Gasteiger partial charge in [0.15, 0.2) is 5.82 Å². The van der Waals surface area contributed by atoms with Gasteiger partial charge in [0.1, 0.15) is 10.8 Å². The lowest BCUT2D eigenvalue weighted by Gasteiger charge is -2.12. The molecular formula is C22H16ClF3N6. The second kappa shape index (κ2) is 8.72. The van der Waals surface area contributed by atoms with E-state index in [9.17, 15) is 13.2 Å². The van der Waals surface area contributed by atoms with Gasteiger partial charge in [-0.25, -0.2) is 9.97 Å². The molecule has 32 heavy (non-hydrogen) atoms. The fourth-order valence-electron chi connectivity index (χ4n) is 2.85. The molecule has 0 unspecified atom stereocenters. The molecule has 0 fully saturated rings. The predicted molar refractivity (Wildman–Crippen MR) is 119 cm³/mol. The molecule has 0 aliphatic carbocycles. The van der Waals surface area contributed by atoms with Crippen LogP contribution in [-0.2, 0) is 6.18 Å². The highest BCUT2D eigenvalue weighted by Gasteiger charge is 2.30. The molecule has 0 saturated heterocycles. The number of aromatic nitrogens is 3. The van der Waals surface area contributed by atoms with Crippen LogP contribution in [0.5, 0.6) is 0 Å². The van der Waals surface area contributed by atoms with Gasteiger partial charge in [0.05, 0.1) is 11.8 Å². The number of nitrogens with zero attached hydrogens (tertiary/aromatic N) is 3. The number of halogens is 4. The molecule has 2 aromatic carbocycles. The third-order valence-electron chi connectivity index (χ3n) is 4.44. The van der Waals surface area contributed by atoms with E-state index >= 15 is 0 Å². The number of rotatable bonds is 5. The fourth-order valence-corrected chi connectivity index (χ4v) is 2.99. The molecule has 0 aliphatic heterocycles. The SMILES string of the molecule is Nc1ccc(-c2ccc(Nc3ncc(Cl)c(Nc4cccc(C(F)(F)F)c4)n3)nc2)cc1. The zero-order valence-corrected chi connectivity index (χ0v) is 17.1. The second-order valence-electron chi connectivity index (χ2n) is 6.77. The van der Waals surface area contributed by atoms with E-state index in [1.165, 1.54) is 18.3 Å². The van der Waals surface area contributed by atoms with E-state index in [1.807, 2.05) is 30.3 Å². The summed E-state index contributed by atoms with van der Waals surface area (Å²) in [4.78, 5) is 12.7. The smallest absolute Gasteiger partial charge is 0.399 e. The molecule has 2 heterocycles. The van der Waals surface area contributed by atoms with E-state index in [1.54, 1.807) is 12.3 Å². The Labute approximate surface area is 186 Å². The summed E-state index contributed by atoms with van der Waals surface area (Å²) in [6, 6.07) is 15.8. The van der Waals surface area contributed by atoms with Crippen molar-refractivity contribution in [3.8, 4) is 11.1 Å². The molecule has 0 amide bonds. The number of hydrogen-bond acceptors (Lipinski definition) is 6. The minimum absolute atomic E-state index is 0.152. The summed E-state index contributed by atoms with van der Waals surface area (Å²) in [5.74, 6) is 0.815. The highest BCUT2D eigenvalue weighted by Crippen LogP contribution is 2.32. The van der Waals surface area contributed by atoms with Gasteiger partial charge in [-0.05, 0) is 48.0 Å². The quantitative estimate of drug-likeness (QED) is 0.306. The van der Waals surface area contributed by atoms with Crippen molar-refractivity contribution in [2.45, 2.75) is 6.18 Å². The van der Waals surface area contributed by atoms with Crippen LogP contribution in [0.3, 0.4) is 0 Å². The second-order valence-corrected chi connectivity index (χ2v) is 7.18. The van der Waals surface area contributed by atoms with Crippen molar-refractivity contribution < 1.29 is 13.2 Å². The van der Waals surface area contributed by atoms with Crippen molar-refractivity contribution in [2.75, 3.05) is 16.4 Å². The lowest BCUT2D eigenvalue weighted by atomic mass is 10.1. The first-order valence-corrected chi connectivity index (χ1v) is 9.71. The minimum atomic E-state index is -4.45. The Morgan fingerprint density at radius 2 is 1.59 bits per heavy atom. The molecule has 0 atom stereocenters. The summed E-state index contributed by atoms with van der Waals surface area (Å²) in [7, 11) is 0. The van der Waals surface area contributed by atoms with Gasteiger partial charge in [0.25, 0.3) is 0 Å². The van der Waals surface area contributed by atoms with Crippen LogP contribution in [0.2, 0.25) is 5.02 Å². The summed E-state index contributed by atoms with van der Waals surface area (Å²) in [6.45, 7) is 0. The van der Waals surface area contributed by atoms with Gasteiger partial charge in [-0.1, -0.05) is 29.8 Å². The van der Waals surface area contributed by atoms with E-state index in [0.29, 0.717) is 11.5 Å². The number of nitrogens with one attached hydrogen (secondary N) is 2. The summed E-state index contributed by atoms with van der Waals surface area (Å²) in [5, 5.41) is 5.89. The monoisotopic (exact) mass is 456 g/mol. The molecule has 4 rings (SSSR count). The normalized spacial score (nSPS) is 11.2. The van der Waals surface area contributed by atoms with E-state index in [2.05, 4.69) is 25.6 Å². The van der Waals surface area contributed by atoms with Crippen LogP contribution in [0.4, 0.5) is 42.1 Å². The first-order chi connectivity index (χ1) is 15.3. The van der Waals surface area contributed by atoms with Crippen LogP contribution in [0.15, 0.2) is 73.1 Å². The molecule has 0 saturated carbocycles. The maximum Gasteiger partial charge on any atom is 0.416 e. The largest absolute Gasteiger partial charge is 0.416 e. The van der Waals surface area contributed by atoms with Crippen LogP contribution in [-0.4, -0.2) is 15.0 Å². The Balaban J connectivity index is 1.51. The summed E-state index contributed by atoms with van der Waals surface area (Å²) < 4.78 is 38.8. The van der Waals surface area contributed by atoms with Crippen LogP contribution < -0.4 is 16.4 Å². The van der Waals surface area contributed by atoms with Crippen molar-refractivity contribution in [3.05, 3.63) is 83.6 Å². The highest BCUT2D eigenvalue weighted by molar-refractivity contribution is 6.32. The van der Waals surface area contributed by atoms with Crippen molar-refractivity contribution in [1.29, 1.82) is 0 Å². The van der Waals surface area contributed by atoms with Gasteiger partial charge in [0.2, 0.25) is 5.95 Å². The lowest BCUT2D eigenvalue weighted by molar-refractivity contribution is -0.137. The Bertz CT molecular complexity index is 1230. The molecule has 4 N–H and O–H groups in total. The van der Waals surface area contributed by atoms with Gasteiger partial charge in [0, 0.05) is 23.1 Å². The molecule has 6 nitrogen and oxygen atoms in total. The van der Waals surface area contributed by atoms with Crippen LogP contribution in [0.1, 0.15) is 5.56 Å². The lowest BCUT2D eigenvalue weighted by Crippen LogP contribution is -2.06. The third kappa shape index (κ3) is 5.06. The molecule has 0 bridgehead atoms. The predicted octanol–water partition coefficient (Wildman–Crippen LogP) is 6.28. The summed E-state index contributed by atoms with van der Waals surface area (Å²) in [5.41, 5.74) is 7.66. The Morgan fingerprint density at radius 1 is 0.844 bits per heavy atom. The van der Waals surface area contributed by atoms with Gasteiger partial charge in [-0.2, -0.15) is 18.2 Å². The Hall–Kier alpha value is -3.85. The Kier molecular flexibility index (Phi) is 5.83. The first-order valence-electron chi connectivity index (χ1n) is 9.34. The first kappa shape index (κ1) is 21.4. The maximum absolute atomic E-state index is 12.9. The van der Waals surface area contributed by atoms with Gasteiger partial charge >= 0.3 is 6.18 Å². The molecule has 162 valence electrons. The molecule has 0 aliphatic rings. The maximum atomic E-state index is 12.9. The fraction of sp³-hybridized carbons (Fsp3) is 0.0455. The highest BCUT2D eigenvalue weighted by atomic mass is 35.5. The molecule has 4 aromatic rings. The summed E-state index contributed by atoms with van der Waals surface area (Å²) in [6.07, 6.45) is -1.43. The summed E-state index contributed by atoms with van der Waals surface area (Å²) >= 11 is 6.12. The molecular weight excluding hydrogens is 441 g/mol. The van der Waals surface area contributed by atoms with Crippen molar-refractivity contribution in [3.63, 3.8) is 0 Å². The average Bonchev–Trinajstić information content (AvgIpc) is 2.77. The topological polar surface area (TPSA) is 88.8 Å². The van der Waals surface area contributed by atoms with Gasteiger partial charge in [-0.3, -0.25) is 0 Å². The minimum Gasteiger partial charge on any atom is -0.399 e. The van der Waals surface area contributed by atoms with Crippen molar-refractivity contribution in [1.82, 2.24) is 15.0 Å². The van der Waals surface area contributed by atoms with E-state index in [4.69, 9.17) is 17.3 Å². The van der Waals surface area contributed by atoms with Crippen molar-refractivity contribution >= 4 is 40.6 Å². The molecule has 0 radical (unpaired) electrons. The van der Waals surface area contributed by atoms with E-state index in [-0.39, 0.29) is 22.5 Å². The molecule has 0 spiro atoms. The number of nitrogen functional groups attached to an aromatic ring is 1. The van der Waals surface area contributed by atoms with Gasteiger partial charge < -0.3 is 16.4 Å². The molecule has 2 aromatic heterocycles. The number of anilines is 5. The van der Waals surface area contributed by atoms with Crippen LogP contribution in [0.25, 0.3) is 11.1 Å². The number of nitrogens with two attached hydrogens (primary N) is 1. The van der Waals surface area contributed by atoms with Crippen molar-refractivity contribution in [2.24, 2.45) is 0 Å². The zero-order chi connectivity index (χ0) is 22.7. The number of benzene rings is 2. The standard InChI is InChI=1S/C22H16ClF3N6/c23-18-12-29-21(32-20(18)30-17-3-1-2-15(10-17)22(24,25)26)31-19-9-6-14(11-28-19)13-4-7-16(27)8-5-13/h1-12H,27H2,(H2,28,29,30,31,32). The van der Waals surface area contributed by atoms with Crippen LogP contribution in [0, 0.1) is 0 Å². The number of alkyl halides is 3. The van der Waals surface area contributed by atoms with Gasteiger partial charge in [-0.15, -0.1) is 0 Å². The average molecular weight is 457 g/mol. The third-order valence-corrected chi connectivity index (χ3v) is 4.72. The molecule has 10 heteroatoms. The van der Waals surface area contributed by atoms with Crippen LogP contribution >= 0.6 is 11.6 Å². The Morgan fingerprint density at radius 3 is 2.28 bits per heavy atom. The van der Waals surface area contributed by atoms with E-state index < -0.39 is 11.7 Å². The van der Waals surface area contributed by atoms with E-state index in [0.717, 1.165) is 23.3 Å². The number of hydrogen-bond donors (Lipinski definition) is 3.